The highest BCUT2D eigenvalue weighted by molar-refractivity contribution is 5.89. The number of nitrogens with zero attached hydrogens (tertiary/aromatic N) is 1. The number of hydrogen-bond acceptors (Lipinski definition) is 4. The molecule has 0 aliphatic carbocycles. The van der Waals surface area contributed by atoms with Crippen LogP contribution in [0.4, 0.5) is 23.2 Å². The summed E-state index contributed by atoms with van der Waals surface area (Å²) in [7, 11) is 0. The minimum Gasteiger partial charge on any atom is -0.478 e. The average molecular weight is 378 g/mol. The number of nitrogens with two attached hydrogens (primary N) is 1. The molecule has 1 aliphatic rings. The standard InChI is InChI=1S/C12H14F4N2.C4H4O4/c1-7(17)6-18-3-2-8-4-10(13)9(5-11(8)18)12(14,15)16;5-3(6)1-2-4(7)8/h4-5,7H,2-3,6,17H2,1H3;1-2H,(H,5,6)(H,7,8)/b;2-1+/t7-;/m0./s1. The van der Waals surface area contributed by atoms with Gasteiger partial charge >= 0.3 is 18.1 Å². The van der Waals surface area contributed by atoms with Crippen molar-refractivity contribution in [2.75, 3.05) is 18.0 Å². The predicted molar refractivity (Wildman–Crippen MR) is 85.4 cm³/mol. The fourth-order valence-corrected chi connectivity index (χ4v) is 2.37. The molecule has 10 heteroatoms. The molecule has 2 rings (SSSR count). The lowest BCUT2D eigenvalue weighted by atomic mass is 10.1. The molecule has 1 aromatic carbocycles. The van der Waals surface area contributed by atoms with Gasteiger partial charge in [0.1, 0.15) is 5.82 Å². The lowest BCUT2D eigenvalue weighted by molar-refractivity contribution is -0.140. The highest BCUT2D eigenvalue weighted by Crippen LogP contribution is 2.38. The number of benzene rings is 1. The Hall–Kier alpha value is -2.62. The van der Waals surface area contributed by atoms with Gasteiger partial charge < -0.3 is 20.8 Å². The molecule has 4 N–H and O–H groups in total. The molecule has 0 amide bonds. The predicted octanol–water partition coefficient (Wildman–Crippen LogP) is 2.27. The highest BCUT2D eigenvalue weighted by Gasteiger charge is 2.36. The average Bonchev–Trinajstić information content (AvgIpc) is 2.85. The second-order valence-corrected chi connectivity index (χ2v) is 5.64. The molecule has 1 atom stereocenters. The summed E-state index contributed by atoms with van der Waals surface area (Å²) in [4.78, 5) is 20.9. The molecule has 1 aliphatic heterocycles. The Morgan fingerprint density at radius 1 is 1.27 bits per heavy atom. The third kappa shape index (κ3) is 6.36. The monoisotopic (exact) mass is 378 g/mol. The van der Waals surface area contributed by atoms with Gasteiger partial charge in [0.25, 0.3) is 0 Å². The quantitative estimate of drug-likeness (QED) is 0.549. The van der Waals surface area contributed by atoms with E-state index >= 15 is 0 Å². The number of halogens is 4. The number of carboxylic acid groups (broad SMARTS) is 2. The zero-order valence-corrected chi connectivity index (χ0v) is 13.8. The van der Waals surface area contributed by atoms with Crippen molar-refractivity contribution in [2.45, 2.75) is 25.6 Å². The number of aliphatic carboxylic acids is 2. The van der Waals surface area contributed by atoms with E-state index in [2.05, 4.69) is 0 Å². The summed E-state index contributed by atoms with van der Waals surface area (Å²) in [6.45, 7) is 2.83. The van der Waals surface area contributed by atoms with Crippen LogP contribution in [0.1, 0.15) is 18.1 Å². The lowest BCUT2D eigenvalue weighted by Gasteiger charge is -2.22. The van der Waals surface area contributed by atoms with Gasteiger partial charge in [-0.3, -0.25) is 0 Å². The summed E-state index contributed by atoms with van der Waals surface area (Å²) in [5.74, 6) is -3.72. The number of anilines is 1. The Morgan fingerprint density at radius 2 is 1.81 bits per heavy atom. The molecule has 1 aromatic rings. The second-order valence-electron chi connectivity index (χ2n) is 5.64. The molecule has 0 radical (unpaired) electrons. The third-order valence-electron chi connectivity index (χ3n) is 3.34. The normalized spacial score (nSPS) is 14.6. The summed E-state index contributed by atoms with van der Waals surface area (Å²) in [6, 6.07) is 1.73. The van der Waals surface area contributed by atoms with E-state index in [4.69, 9.17) is 15.9 Å². The molecule has 0 bridgehead atoms. The van der Waals surface area contributed by atoms with E-state index in [1.54, 1.807) is 11.8 Å². The van der Waals surface area contributed by atoms with E-state index in [1.165, 1.54) is 0 Å². The SMILES string of the molecule is C[C@H](N)CN1CCc2cc(F)c(C(F)(F)F)cc21.O=C(O)/C=C/C(=O)O. The van der Waals surface area contributed by atoms with Crippen LogP contribution in [0.3, 0.4) is 0 Å². The van der Waals surface area contributed by atoms with Crippen LogP contribution in [0.5, 0.6) is 0 Å². The fourth-order valence-electron chi connectivity index (χ4n) is 2.37. The van der Waals surface area contributed by atoms with Crippen LogP contribution in [0, 0.1) is 5.82 Å². The maximum absolute atomic E-state index is 13.4. The van der Waals surface area contributed by atoms with Crippen molar-refractivity contribution in [1.82, 2.24) is 0 Å². The smallest absolute Gasteiger partial charge is 0.419 e. The van der Waals surface area contributed by atoms with Gasteiger partial charge in [0.05, 0.1) is 5.56 Å². The molecular formula is C16H18F4N2O4. The van der Waals surface area contributed by atoms with Gasteiger partial charge in [0.2, 0.25) is 0 Å². The number of hydrogen-bond donors (Lipinski definition) is 3. The Labute approximate surface area is 146 Å². The van der Waals surface area contributed by atoms with Crippen LogP contribution in [0.25, 0.3) is 0 Å². The first-order valence-electron chi connectivity index (χ1n) is 7.46. The van der Waals surface area contributed by atoms with Crippen molar-refractivity contribution in [3.05, 3.63) is 41.2 Å². The van der Waals surface area contributed by atoms with E-state index in [0.717, 1.165) is 12.1 Å². The van der Waals surface area contributed by atoms with Crippen molar-refractivity contribution < 1.29 is 37.4 Å². The topological polar surface area (TPSA) is 104 Å². The number of fused-ring (bicyclic) bond motifs is 1. The number of carboxylic acids is 2. The molecule has 26 heavy (non-hydrogen) atoms. The Balaban J connectivity index is 0.000000359. The minimum absolute atomic E-state index is 0.143. The van der Waals surface area contributed by atoms with E-state index < -0.39 is 29.5 Å². The molecule has 144 valence electrons. The first-order valence-corrected chi connectivity index (χ1v) is 7.46. The maximum atomic E-state index is 13.4. The molecule has 0 fully saturated rings. The fraction of sp³-hybridized carbons (Fsp3) is 0.375. The highest BCUT2D eigenvalue weighted by atomic mass is 19.4. The molecule has 0 unspecified atom stereocenters. The summed E-state index contributed by atoms with van der Waals surface area (Å²) in [6.07, 6.45) is -3.00. The van der Waals surface area contributed by atoms with Crippen LogP contribution in [-0.4, -0.2) is 41.3 Å². The largest absolute Gasteiger partial charge is 0.478 e. The summed E-state index contributed by atoms with van der Waals surface area (Å²) in [5, 5.41) is 15.6. The van der Waals surface area contributed by atoms with E-state index in [9.17, 15) is 27.2 Å². The van der Waals surface area contributed by atoms with Crippen LogP contribution < -0.4 is 10.6 Å². The van der Waals surface area contributed by atoms with Crippen molar-refractivity contribution in [1.29, 1.82) is 0 Å². The van der Waals surface area contributed by atoms with Crippen molar-refractivity contribution in [3.63, 3.8) is 0 Å². The Morgan fingerprint density at radius 3 is 2.23 bits per heavy atom. The van der Waals surface area contributed by atoms with Crippen molar-refractivity contribution in [3.8, 4) is 0 Å². The lowest BCUT2D eigenvalue weighted by Crippen LogP contribution is -2.34. The van der Waals surface area contributed by atoms with Gasteiger partial charge in [-0.1, -0.05) is 0 Å². The van der Waals surface area contributed by atoms with Crippen molar-refractivity contribution >= 4 is 17.6 Å². The van der Waals surface area contributed by atoms with Crippen LogP contribution in [0.2, 0.25) is 0 Å². The molecule has 6 nitrogen and oxygen atoms in total. The maximum Gasteiger partial charge on any atom is 0.419 e. The van der Waals surface area contributed by atoms with Crippen LogP contribution in [0.15, 0.2) is 24.3 Å². The van der Waals surface area contributed by atoms with Gasteiger partial charge in [0, 0.05) is 37.0 Å². The number of rotatable bonds is 4. The molecular weight excluding hydrogens is 360 g/mol. The zero-order chi connectivity index (χ0) is 20.1. The van der Waals surface area contributed by atoms with Gasteiger partial charge in [0.15, 0.2) is 0 Å². The summed E-state index contributed by atoms with van der Waals surface area (Å²) in [5.41, 5.74) is 5.49. The van der Waals surface area contributed by atoms with Crippen molar-refractivity contribution in [2.24, 2.45) is 5.73 Å². The van der Waals surface area contributed by atoms with E-state index in [1.807, 2.05) is 0 Å². The Kier molecular flexibility index (Phi) is 7.13. The number of alkyl halides is 3. The van der Waals surface area contributed by atoms with Gasteiger partial charge in [-0.2, -0.15) is 13.2 Å². The third-order valence-corrected chi connectivity index (χ3v) is 3.34. The molecule has 0 saturated heterocycles. The molecule has 0 saturated carbocycles. The Bertz CT molecular complexity index is 686. The van der Waals surface area contributed by atoms with Gasteiger partial charge in [-0.25, -0.2) is 14.0 Å². The first kappa shape index (κ1) is 21.4. The van der Waals surface area contributed by atoms with Gasteiger partial charge in [-0.15, -0.1) is 0 Å². The molecule has 1 heterocycles. The van der Waals surface area contributed by atoms with Crippen LogP contribution >= 0.6 is 0 Å². The second kappa shape index (κ2) is 8.65. The first-order chi connectivity index (χ1) is 11.9. The molecule has 0 spiro atoms. The van der Waals surface area contributed by atoms with E-state index in [-0.39, 0.29) is 6.04 Å². The van der Waals surface area contributed by atoms with Gasteiger partial charge in [-0.05, 0) is 31.0 Å². The van der Waals surface area contributed by atoms with E-state index in [0.29, 0.717) is 42.9 Å². The number of carbonyl (C=O) groups is 2. The minimum atomic E-state index is -4.66. The molecule has 0 aromatic heterocycles. The zero-order valence-electron chi connectivity index (χ0n) is 13.8. The van der Waals surface area contributed by atoms with Crippen LogP contribution in [-0.2, 0) is 22.2 Å². The summed E-state index contributed by atoms with van der Waals surface area (Å²) >= 11 is 0. The summed E-state index contributed by atoms with van der Waals surface area (Å²) < 4.78 is 51.2.